The number of carbonyl (C=O) groups excluding carboxylic acids is 1. The summed E-state index contributed by atoms with van der Waals surface area (Å²) in [5.74, 6) is -0.188. The number of aromatic nitrogens is 2. The molecule has 2 heterocycles. The van der Waals surface area contributed by atoms with Gasteiger partial charge < -0.3 is 4.74 Å². The van der Waals surface area contributed by atoms with E-state index < -0.39 is 5.91 Å². The van der Waals surface area contributed by atoms with Crippen LogP contribution < -0.4 is 10.2 Å². The fraction of sp³-hybridized carbons (Fsp3) is 0.0526. The molecule has 2 aromatic heterocycles. The van der Waals surface area contributed by atoms with Crippen LogP contribution in [0.1, 0.15) is 15.2 Å². The molecule has 0 saturated heterocycles. The van der Waals surface area contributed by atoms with Gasteiger partial charge in [-0.3, -0.25) is 14.6 Å². The van der Waals surface area contributed by atoms with Gasteiger partial charge in [-0.1, -0.05) is 42.5 Å². The lowest BCUT2D eigenvalue weighted by atomic mass is 10.2. The third-order valence-corrected chi connectivity index (χ3v) is 5.04. The second-order valence-electron chi connectivity index (χ2n) is 5.60. The number of hydrogen-bond acceptors (Lipinski definition) is 5. The number of ether oxygens (including phenoxy) is 1. The van der Waals surface area contributed by atoms with Crippen molar-refractivity contribution >= 4 is 28.3 Å². The average Bonchev–Trinajstić information content (AvgIpc) is 3.30. The molecule has 2 aromatic carbocycles. The molecule has 0 aliphatic carbocycles. The van der Waals surface area contributed by atoms with Crippen molar-refractivity contribution in [1.82, 2.24) is 15.0 Å². The van der Waals surface area contributed by atoms with Gasteiger partial charge in [0, 0.05) is 6.07 Å². The molecule has 130 valence electrons. The summed E-state index contributed by atoms with van der Waals surface area (Å²) in [5.41, 5.74) is 4.46. The van der Waals surface area contributed by atoms with Gasteiger partial charge in [0.05, 0.1) is 11.0 Å². The normalized spacial score (nSPS) is 10.8. The van der Waals surface area contributed by atoms with Crippen LogP contribution in [0.15, 0.2) is 67.0 Å². The predicted octanol–water partition coefficient (Wildman–Crippen LogP) is 3.79. The van der Waals surface area contributed by atoms with Crippen LogP contribution in [0.25, 0.3) is 16.0 Å². The van der Waals surface area contributed by atoms with Crippen LogP contribution in [0.4, 0.5) is 0 Å². The highest BCUT2D eigenvalue weighted by atomic mass is 32.1. The van der Waals surface area contributed by atoms with Crippen LogP contribution in [0.2, 0.25) is 0 Å². The Hall–Kier alpha value is -3.16. The summed E-state index contributed by atoms with van der Waals surface area (Å²) in [5, 5.41) is 9.82. The fourth-order valence-corrected chi connectivity index (χ4v) is 3.64. The van der Waals surface area contributed by atoms with E-state index >= 15 is 0 Å². The lowest BCUT2D eigenvalue weighted by molar-refractivity contribution is 0.0707. The van der Waals surface area contributed by atoms with Crippen molar-refractivity contribution in [3.8, 4) is 10.8 Å². The zero-order valence-corrected chi connectivity index (χ0v) is 14.4. The highest BCUT2D eigenvalue weighted by Gasteiger charge is 2.19. The molecule has 0 radical (unpaired) electrons. The topological polar surface area (TPSA) is 76.4 Å². The van der Waals surface area contributed by atoms with E-state index in [1.54, 1.807) is 17.9 Å². The van der Waals surface area contributed by atoms with Gasteiger partial charge in [0.15, 0.2) is 0 Å². The first-order chi connectivity index (χ1) is 12.8. The lowest BCUT2D eigenvalue weighted by Crippen LogP contribution is -2.18. The van der Waals surface area contributed by atoms with Crippen LogP contribution >= 0.6 is 11.3 Å². The van der Waals surface area contributed by atoms with Crippen molar-refractivity contribution in [2.45, 2.75) is 6.61 Å². The number of hydroxylamine groups is 1. The van der Waals surface area contributed by atoms with Crippen molar-refractivity contribution in [2.75, 3.05) is 0 Å². The van der Waals surface area contributed by atoms with Crippen molar-refractivity contribution in [3.05, 3.63) is 77.4 Å². The molecule has 1 amide bonds. The van der Waals surface area contributed by atoms with Gasteiger partial charge in [-0.05, 0) is 17.7 Å². The monoisotopic (exact) mass is 365 g/mol. The second kappa shape index (κ2) is 6.99. The molecule has 0 aliphatic heterocycles. The summed E-state index contributed by atoms with van der Waals surface area (Å²) in [4.78, 5) is 16.7. The van der Waals surface area contributed by atoms with Crippen LogP contribution in [-0.2, 0) is 6.61 Å². The first-order valence-electron chi connectivity index (χ1n) is 7.93. The number of rotatable bonds is 5. The molecule has 2 N–H and O–H groups in total. The molecule has 4 rings (SSSR count). The number of benzene rings is 2. The first-order valence-corrected chi connectivity index (χ1v) is 8.75. The fourth-order valence-electron chi connectivity index (χ4n) is 2.67. The van der Waals surface area contributed by atoms with E-state index in [4.69, 9.17) is 9.94 Å². The van der Waals surface area contributed by atoms with Crippen molar-refractivity contribution in [3.63, 3.8) is 0 Å². The summed E-state index contributed by atoms with van der Waals surface area (Å²) in [6.45, 7) is 0.327. The Kier molecular flexibility index (Phi) is 4.39. The van der Waals surface area contributed by atoms with Gasteiger partial charge in [0.2, 0.25) is 0 Å². The number of thiophene rings is 1. The molecular formula is C19H15N3O3S. The van der Waals surface area contributed by atoms with Gasteiger partial charge in [-0.15, -0.1) is 11.3 Å². The van der Waals surface area contributed by atoms with Gasteiger partial charge in [0.1, 0.15) is 28.6 Å². The number of imidazole rings is 1. The molecule has 6 nitrogen and oxygen atoms in total. The van der Waals surface area contributed by atoms with E-state index in [9.17, 15) is 4.79 Å². The highest BCUT2D eigenvalue weighted by Crippen LogP contribution is 2.34. The summed E-state index contributed by atoms with van der Waals surface area (Å²) < 4.78 is 7.73. The SMILES string of the molecule is O=C(NO)c1sc(-n2cnc3ccccc32)cc1OCc1ccccc1. The summed E-state index contributed by atoms with van der Waals surface area (Å²) in [7, 11) is 0. The largest absolute Gasteiger partial charge is 0.487 e. The number of fused-ring (bicyclic) bond motifs is 1. The molecule has 0 saturated carbocycles. The number of nitrogens with zero attached hydrogens (tertiary/aromatic N) is 2. The Morgan fingerprint density at radius 3 is 2.73 bits per heavy atom. The standard InChI is InChI=1S/C19H15N3O3S/c23-19(21-24)18-16(25-11-13-6-2-1-3-7-13)10-17(26-18)22-12-20-14-8-4-5-9-15(14)22/h1-10,12,24H,11H2,(H,21,23). The Morgan fingerprint density at radius 1 is 1.15 bits per heavy atom. The molecule has 0 spiro atoms. The highest BCUT2D eigenvalue weighted by molar-refractivity contribution is 7.16. The molecule has 7 heteroatoms. The maximum absolute atomic E-state index is 12.0. The minimum Gasteiger partial charge on any atom is -0.487 e. The van der Waals surface area contributed by atoms with E-state index in [-0.39, 0.29) is 0 Å². The van der Waals surface area contributed by atoms with E-state index in [2.05, 4.69) is 4.98 Å². The third kappa shape index (κ3) is 3.05. The maximum Gasteiger partial charge on any atom is 0.288 e. The summed E-state index contributed by atoms with van der Waals surface area (Å²) >= 11 is 1.23. The van der Waals surface area contributed by atoms with E-state index in [0.29, 0.717) is 17.2 Å². The van der Waals surface area contributed by atoms with E-state index in [1.165, 1.54) is 11.3 Å². The molecule has 0 aliphatic rings. The zero-order chi connectivity index (χ0) is 17.9. The van der Waals surface area contributed by atoms with Crippen molar-refractivity contribution in [1.29, 1.82) is 0 Å². The number of nitrogens with one attached hydrogen (secondary N) is 1. The Labute approximate surface area is 153 Å². The summed E-state index contributed by atoms with van der Waals surface area (Å²) in [6.07, 6.45) is 1.71. The van der Waals surface area contributed by atoms with Crippen molar-refractivity contribution in [2.24, 2.45) is 0 Å². The average molecular weight is 365 g/mol. The van der Waals surface area contributed by atoms with Gasteiger partial charge >= 0.3 is 0 Å². The molecule has 0 unspecified atom stereocenters. The maximum atomic E-state index is 12.0. The summed E-state index contributed by atoms with van der Waals surface area (Å²) in [6, 6.07) is 19.2. The number of carbonyl (C=O) groups is 1. The molecule has 26 heavy (non-hydrogen) atoms. The quantitative estimate of drug-likeness (QED) is 0.417. The predicted molar refractivity (Wildman–Crippen MR) is 99.0 cm³/mol. The number of hydrogen-bond donors (Lipinski definition) is 2. The minimum absolute atomic E-state index is 0.302. The molecular weight excluding hydrogens is 350 g/mol. The van der Waals surface area contributed by atoms with E-state index in [1.807, 2.05) is 59.2 Å². The molecule has 4 aromatic rings. The smallest absolute Gasteiger partial charge is 0.288 e. The molecule has 0 bridgehead atoms. The Bertz CT molecular complexity index is 1060. The van der Waals surface area contributed by atoms with Crippen molar-refractivity contribution < 1.29 is 14.7 Å². The van der Waals surface area contributed by atoms with Crippen LogP contribution in [0, 0.1) is 0 Å². The third-order valence-electron chi connectivity index (χ3n) is 3.92. The Morgan fingerprint density at radius 2 is 1.92 bits per heavy atom. The molecule has 0 fully saturated rings. The minimum atomic E-state index is -0.603. The van der Waals surface area contributed by atoms with Gasteiger partial charge in [0.25, 0.3) is 5.91 Å². The lowest BCUT2D eigenvalue weighted by Gasteiger charge is -2.06. The van der Waals surface area contributed by atoms with Crippen LogP contribution in [0.5, 0.6) is 5.75 Å². The Balaban J connectivity index is 1.70. The number of amides is 1. The second-order valence-corrected chi connectivity index (χ2v) is 6.63. The zero-order valence-electron chi connectivity index (χ0n) is 13.6. The van der Waals surface area contributed by atoms with Gasteiger partial charge in [-0.2, -0.15) is 0 Å². The molecule has 0 atom stereocenters. The van der Waals surface area contributed by atoms with Crippen LogP contribution in [0.3, 0.4) is 0 Å². The van der Waals surface area contributed by atoms with Gasteiger partial charge in [-0.25, -0.2) is 10.5 Å². The number of para-hydroxylation sites is 2. The first kappa shape index (κ1) is 16.3. The van der Waals surface area contributed by atoms with Crippen LogP contribution in [-0.4, -0.2) is 20.7 Å². The van der Waals surface area contributed by atoms with E-state index in [0.717, 1.165) is 21.6 Å².